The number of Topliss-reactive ketones (excluding diaryl/α,β-unsaturated/α-hetero) is 1. The van der Waals surface area contributed by atoms with Crippen molar-refractivity contribution in [2.45, 2.75) is 39.2 Å². The molecule has 4 nitrogen and oxygen atoms in total. The summed E-state index contributed by atoms with van der Waals surface area (Å²) in [4.78, 5) is 32.0. The number of aromatic nitrogens is 2. The normalized spacial score (nSPS) is 15.0. The highest BCUT2D eigenvalue weighted by Crippen LogP contribution is 2.36. The predicted octanol–water partition coefficient (Wildman–Crippen LogP) is 4.80. The number of thiophene rings is 1. The first kappa shape index (κ1) is 17.9. The highest BCUT2D eigenvalue weighted by Gasteiger charge is 2.24. The summed E-state index contributed by atoms with van der Waals surface area (Å²) in [5, 5.41) is 0.635. The second-order valence-electron chi connectivity index (χ2n) is 6.85. The molecule has 6 heteroatoms. The van der Waals surface area contributed by atoms with E-state index in [9.17, 15) is 9.59 Å². The molecule has 0 unspecified atom stereocenters. The quantitative estimate of drug-likeness (QED) is 0.507. The Labute approximate surface area is 169 Å². The molecule has 0 N–H and O–H groups in total. The van der Waals surface area contributed by atoms with Crippen LogP contribution in [-0.2, 0) is 11.3 Å². The van der Waals surface area contributed by atoms with Gasteiger partial charge in [0.05, 0.1) is 18.3 Å². The van der Waals surface area contributed by atoms with Gasteiger partial charge in [-0.25, -0.2) is 4.98 Å². The van der Waals surface area contributed by atoms with Gasteiger partial charge in [-0.3, -0.25) is 14.2 Å². The minimum atomic E-state index is -0.112. The molecule has 2 aromatic heterocycles. The molecule has 3 aromatic rings. The molecular formula is C20H19IN2O2S. The van der Waals surface area contributed by atoms with Gasteiger partial charge >= 0.3 is 0 Å². The topological polar surface area (TPSA) is 52.0 Å². The molecule has 1 aliphatic rings. The summed E-state index contributed by atoms with van der Waals surface area (Å²) >= 11 is 3.81. The number of aryl methyl sites for hydroxylation is 1. The van der Waals surface area contributed by atoms with Crippen LogP contribution in [0.25, 0.3) is 21.3 Å². The maximum absolute atomic E-state index is 13.1. The van der Waals surface area contributed by atoms with Gasteiger partial charge in [-0.05, 0) is 60.1 Å². The van der Waals surface area contributed by atoms with Gasteiger partial charge in [-0.15, -0.1) is 11.3 Å². The van der Waals surface area contributed by atoms with Crippen LogP contribution in [0.4, 0.5) is 0 Å². The summed E-state index contributed by atoms with van der Waals surface area (Å²) in [6.07, 6.45) is 5.67. The SMILES string of the molecule is Cc1sc2ncn(CC(=O)C3CCCC3)c(=O)c2c1-c1cccc(I)c1. The molecule has 1 aliphatic carbocycles. The first-order chi connectivity index (χ1) is 12.5. The number of carbonyl (C=O) groups excluding carboxylic acids is 1. The first-order valence-corrected chi connectivity index (χ1v) is 10.7. The van der Waals surface area contributed by atoms with Crippen LogP contribution in [0.5, 0.6) is 0 Å². The van der Waals surface area contributed by atoms with Crippen molar-refractivity contribution in [2.75, 3.05) is 0 Å². The number of rotatable bonds is 4. The van der Waals surface area contributed by atoms with Gasteiger partial charge in [0.15, 0.2) is 5.78 Å². The molecule has 0 bridgehead atoms. The molecule has 134 valence electrons. The molecule has 1 aromatic carbocycles. The van der Waals surface area contributed by atoms with E-state index in [1.165, 1.54) is 22.2 Å². The lowest BCUT2D eigenvalue weighted by Gasteiger charge is -2.10. The number of halogens is 1. The minimum absolute atomic E-state index is 0.108. The van der Waals surface area contributed by atoms with Gasteiger partial charge in [0.1, 0.15) is 4.83 Å². The Kier molecular flexibility index (Phi) is 4.96. The van der Waals surface area contributed by atoms with Crippen LogP contribution in [0.3, 0.4) is 0 Å². The number of hydrogen-bond acceptors (Lipinski definition) is 4. The molecule has 26 heavy (non-hydrogen) atoms. The third kappa shape index (κ3) is 3.24. The molecule has 1 saturated carbocycles. The molecule has 0 amide bonds. The van der Waals surface area contributed by atoms with Crippen molar-refractivity contribution < 1.29 is 4.79 Å². The van der Waals surface area contributed by atoms with E-state index >= 15 is 0 Å². The molecule has 0 aliphatic heterocycles. The number of ketones is 1. The van der Waals surface area contributed by atoms with Crippen molar-refractivity contribution >= 4 is 49.9 Å². The second-order valence-corrected chi connectivity index (χ2v) is 9.30. The van der Waals surface area contributed by atoms with Gasteiger partial charge in [-0.1, -0.05) is 25.0 Å². The molecule has 2 heterocycles. The summed E-state index contributed by atoms with van der Waals surface area (Å²) in [5.74, 6) is 0.269. The van der Waals surface area contributed by atoms with Gasteiger partial charge in [0, 0.05) is 19.9 Å². The van der Waals surface area contributed by atoms with Gasteiger partial charge in [-0.2, -0.15) is 0 Å². The standard InChI is InChI=1S/C20H19IN2O2S/c1-12-17(14-7-4-8-15(21)9-14)18-19(26-12)22-11-23(20(18)25)10-16(24)13-5-2-3-6-13/h4,7-9,11,13H,2-3,5-6,10H2,1H3. The highest BCUT2D eigenvalue weighted by atomic mass is 127. The van der Waals surface area contributed by atoms with Gasteiger partial charge < -0.3 is 0 Å². The number of hydrogen-bond donors (Lipinski definition) is 0. The Bertz CT molecular complexity index is 1050. The Hall–Kier alpha value is -1.54. The van der Waals surface area contributed by atoms with E-state index in [1.807, 2.05) is 25.1 Å². The van der Waals surface area contributed by atoms with Crippen LogP contribution in [0.1, 0.15) is 30.6 Å². The monoisotopic (exact) mass is 478 g/mol. The van der Waals surface area contributed by atoms with Crippen molar-refractivity contribution in [2.24, 2.45) is 5.92 Å². The third-order valence-electron chi connectivity index (χ3n) is 5.10. The van der Waals surface area contributed by atoms with E-state index in [0.717, 1.165) is 50.1 Å². The number of carbonyl (C=O) groups is 1. The zero-order valence-corrected chi connectivity index (χ0v) is 17.5. The van der Waals surface area contributed by atoms with Gasteiger partial charge in [0.25, 0.3) is 5.56 Å². The fourth-order valence-corrected chi connectivity index (χ4v) is 5.33. The van der Waals surface area contributed by atoms with Crippen molar-refractivity contribution in [3.05, 3.63) is 49.4 Å². The lowest BCUT2D eigenvalue weighted by molar-refractivity contribution is -0.123. The molecule has 0 saturated heterocycles. The van der Waals surface area contributed by atoms with Crippen LogP contribution < -0.4 is 5.56 Å². The summed E-state index contributed by atoms with van der Waals surface area (Å²) in [6, 6.07) is 8.13. The van der Waals surface area contributed by atoms with Crippen molar-refractivity contribution in [3.63, 3.8) is 0 Å². The van der Waals surface area contributed by atoms with Crippen LogP contribution >= 0.6 is 33.9 Å². The molecule has 0 radical (unpaired) electrons. The van der Waals surface area contributed by atoms with Crippen molar-refractivity contribution in [1.29, 1.82) is 0 Å². The van der Waals surface area contributed by atoms with Crippen molar-refractivity contribution in [1.82, 2.24) is 9.55 Å². The van der Waals surface area contributed by atoms with E-state index in [-0.39, 0.29) is 23.8 Å². The Morgan fingerprint density at radius 3 is 2.85 bits per heavy atom. The van der Waals surface area contributed by atoms with Crippen LogP contribution in [0.15, 0.2) is 35.4 Å². The van der Waals surface area contributed by atoms with Crippen LogP contribution in [-0.4, -0.2) is 15.3 Å². The average molecular weight is 478 g/mol. The lowest BCUT2D eigenvalue weighted by atomic mass is 10.0. The largest absolute Gasteiger partial charge is 0.297 e. The molecular weight excluding hydrogens is 459 g/mol. The van der Waals surface area contributed by atoms with Crippen LogP contribution in [0, 0.1) is 16.4 Å². The van der Waals surface area contributed by atoms with E-state index < -0.39 is 0 Å². The summed E-state index contributed by atoms with van der Waals surface area (Å²) in [7, 11) is 0. The number of fused-ring (bicyclic) bond motifs is 1. The summed E-state index contributed by atoms with van der Waals surface area (Å²) in [6.45, 7) is 2.15. The Morgan fingerprint density at radius 1 is 1.35 bits per heavy atom. The maximum Gasteiger partial charge on any atom is 0.263 e. The zero-order chi connectivity index (χ0) is 18.3. The first-order valence-electron chi connectivity index (χ1n) is 8.82. The van der Waals surface area contributed by atoms with Crippen LogP contribution in [0.2, 0.25) is 0 Å². The number of nitrogens with zero attached hydrogens (tertiary/aromatic N) is 2. The predicted molar refractivity (Wildman–Crippen MR) is 114 cm³/mol. The minimum Gasteiger partial charge on any atom is -0.297 e. The second kappa shape index (κ2) is 7.23. The van der Waals surface area contributed by atoms with E-state index in [2.05, 4.69) is 33.6 Å². The van der Waals surface area contributed by atoms with Gasteiger partial charge in [0.2, 0.25) is 0 Å². The summed E-state index contributed by atoms with van der Waals surface area (Å²) < 4.78 is 2.62. The highest BCUT2D eigenvalue weighted by molar-refractivity contribution is 14.1. The maximum atomic E-state index is 13.1. The lowest BCUT2D eigenvalue weighted by Crippen LogP contribution is -2.27. The molecule has 0 spiro atoms. The average Bonchev–Trinajstić information content (AvgIpc) is 3.25. The Morgan fingerprint density at radius 2 is 2.12 bits per heavy atom. The van der Waals surface area contributed by atoms with Crippen molar-refractivity contribution in [3.8, 4) is 11.1 Å². The van der Waals surface area contributed by atoms with E-state index in [1.54, 1.807) is 0 Å². The van der Waals surface area contributed by atoms with E-state index in [0.29, 0.717) is 5.39 Å². The Balaban J connectivity index is 1.80. The third-order valence-corrected chi connectivity index (χ3v) is 6.79. The molecule has 0 atom stereocenters. The smallest absolute Gasteiger partial charge is 0.263 e. The molecule has 4 rings (SSSR count). The fraction of sp³-hybridized carbons (Fsp3) is 0.350. The number of benzene rings is 1. The zero-order valence-electron chi connectivity index (χ0n) is 14.5. The molecule has 1 fully saturated rings. The summed E-state index contributed by atoms with van der Waals surface area (Å²) in [5.41, 5.74) is 1.86. The van der Waals surface area contributed by atoms with E-state index in [4.69, 9.17) is 0 Å². The fourth-order valence-electron chi connectivity index (χ4n) is 3.79.